The van der Waals surface area contributed by atoms with Crippen molar-refractivity contribution in [3.05, 3.63) is 65.2 Å². The smallest absolute Gasteiger partial charge is 0.267 e. The van der Waals surface area contributed by atoms with Gasteiger partial charge in [0.15, 0.2) is 0 Å². The summed E-state index contributed by atoms with van der Waals surface area (Å²) in [5, 5.41) is 11.8. The van der Waals surface area contributed by atoms with Crippen molar-refractivity contribution >= 4 is 45.1 Å². The molecule has 0 radical (unpaired) electrons. The van der Waals surface area contributed by atoms with Crippen LogP contribution in [-0.2, 0) is 4.79 Å². The van der Waals surface area contributed by atoms with Gasteiger partial charge in [0, 0.05) is 36.5 Å². The van der Waals surface area contributed by atoms with E-state index in [2.05, 4.69) is 15.2 Å². The number of carbonyl (C=O) groups excluding carboxylic acids is 2. The topological polar surface area (TPSA) is 94.6 Å². The number of carbonyl (C=O) groups is 2. The van der Waals surface area contributed by atoms with E-state index in [-0.39, 0.29) is 11.9 Å². The molecule has 1 aliphatic heterocycles. The summed E-state index contributed by atoms with van der Waals surface area (Å²) in [6.07, 6.45) is 4.66. The Morgan fingerprint density at radius 2 is 1.97 bits per heavy atom. The van der Waals surface area contributed by atoms with Gasteiger partial charge in [-0.3, -0.25) is 14.8 Å². The maximum atomic E-state index is 12.7. The number of aromatic nitrogens is 1. The molecule has 2 amide bonds. The first kappa shape index (κ1) is 20.1. The van der Waals surface area contributed by atoms with Crippen LogP contribution in [0.25, 0.3) is 16.3 Å². The molecule has 1 saturated heterocycles. The Bertz CT molecular complexity index is 1090. The van der Waals surface area contributed by atoms with E-state index in [0.29, 0.717) is 5.56 Å². The third-order valence-electron chi connectivity index (χ3n) is 5.23. The van der Waals surface area contributed by atoms with Gasteiger partial charge in [0.1, 0.15) is 0 Å². The number of hydroxylamine groups is 1. The van der Waals surface area contributed by atoms with Crippen molar-refractivity contribution in [2.45, 2.75) is 18.9 Å². The van der Waals surface area contributed by atoms with E-state index < -0.39 is 5.91 Å². The molecule has 3 N–H and O–H groups in total. The molecule has 1 aliphatic rings. The van der Waals surface area contributed by atoms with Crippen molar-refractivity contribution in [2.75, 3.05) is 18.0 Å². The second-order valence-electron chi connectivity index (χ2n) is 7.14. The SMILES string of the molecule is O=C(C=Cc1ccccc1N1CCC(NC(=O)c2ccc3ncsc3c2)CC1)NO. The lowest BCUT2D eigenvalue weighted by molar-refractivity contribution is -0.124. The Hall–Kier alpha value is -3.23. The van der Waals surface area contributed by atoms with Gasteiger partial charge in [0.2, 0.25) is 0 Å². The van der Waals surface area contributed by atoms with E-state index >= 15 is 0 Å². The summed E-state index contributed by atoms with van der Waals surface area (Å²) >= 11 is 1.53. The molecule has 8 heteroatoms. The minimum absolute atomic E-state index is 0.0536. The third kappa shape index (κ3) is 4.50. The van der Waals surface area contributed by atoms with E-state index in [4.69, 9.17) is 5.21 Å². The van der Waals surface area contributed by atoms with Gasteiger partial charge >= 0.3 is 0 Å². The summed E-state index contributed by atoms with van der Waals surface area (Å²) in [5.41, 5.74) is 6.88. The molecule has 4 rings (SSSR count). The highest BCUT2D eigenvalue weighted by Crippen LogP contribution is 2.26. The van der Waals surface area contributed by atoms with Gasteiger partial charge < -0.3 is 10.2 Å². The van der Waals surface area contributed by atoms with Gasteiger partial charge in [-0.05, 0) is 48.7 Å². The molecule has 2 heterocycles. The number of fused-ring (bicyclic) bond motifs is 1. The minimum atomic E-state index is -0.567. The second kappa shape index (κ2) is 9.06. The summed E-state index contributed by atoms with van der Waals surface area (Å²) < 4.78 is 1.01. The Morgan fingerprint density at radius 1 is 1.17 bits per heavy atom. The van der Waals surface area contributed by atoms with Crippen molar-refractivity contribution in [1.82, 2.24) is 15.8 Å². The molecule has 1 fully saturated rings. The normalized spacial score (nSPS) is 14.9. The summed E-state index contributed by atoms with van der Waals surface area (Å²) in [5.74, 6) is -0.621. The number of hydrogen-bond acceptors (Lipinski definition) is 6. The monoisotopic (exact) mass is 422 g/mol. The van der Waals surface area contributed by atoms with Gasteiger partial charge in [-0.2, -0.15) is 0 Å². The number of para-hydroxylation sites is 1. The van der Waals surface area contributed by atoms with Crippen LogP contribution in [0.1, 0.15) is 28.8 Å². The highest BCUT2D eigenvalue weighted by Gasteiger charge is 2.22. The van der Waals surface area contributed by atoms with Crippen LogP contribution in [0.15, 0.2) is 54.1 Å². The molecular weight excluding hydrogens is 400 g/mol. The lowest BCUT2D eigenvalue weighted by atomic mass is 10.0. The van der Waals surface area contributed by atoms with Crippen LogP contribution in [0.2, 0.25) is 0 Å². The lowest BCUT2D eigenvalue weighted by Gasteiger charge is -2.34. The van der Waals surface area contributed by atoms with E-state index in [0.717, 1.165) is 47.4 Å². The van der Waals surface area contributed by atoms with Crippen LogP contribution < -0.4 is 15.7 Å². The molecule has 30 heavy (non-hydrogen) atoms. The van der Waals surface area contributed by atoms with Gasteiger partial charge in [0.05, 0.1) is 15.7 Å². The van der Waals surface area contributed by atoms with E-state index in [1.54, 1.807) is 17.1 Å². The van der Waals surface area contributed by atoms with Crippen molar-refractivity contribution in [3.63, 3.8) is 0 Å². The average molecular weight is 423 g/mol. The average Bonchev–Trinajstić information content (AvgIpc) is 3.26. The molecular formula is C22H22N4O3S. The van der Waals surface area contributed by atoms with Crippen LogP contribution >= 0.6 is 11.3 Å². The van der Waals surface area contributed by atoms with Crippen molar-refractivity contribution < 1.29 is 14.8 Å². The van der Waals surface area contributed by atoms with Gasteiger partial charge in [0.25, 0.3) is 11.8 Å². The van der Waals surface area contributed by atoms with E-state index in [1.165, 1.54) is 17.4 Å². The zero-order valence-electron chi connectivity index (χ0n) is 16.2. The fraction of sp³-hybridized carbons (Fsp3) is 0.227. The maximum absolute atomic E-state index is 12.7. The quantitative estimate of drug-likeness (QED) is 0.333. The van der Waals surface area contributed by atoms with Gasteiger partial charge in [-0.15, -0.1) is 11.3 Å². The molecule has 1 aromatic heterocycles. The molecule has 7 nitrogen and oxygen atoms in total. The molecule has 2 aromatic carbocycles. The number of nitrogens with zero attached hydrogens (tertiary/aromatic N) is 2. The molecule has 0 aliphatic carbocycles. The number of amides is 2. The number of benzene rings is 2. The number of hydrogen-bond donors (Lipinski definition) is 3. The van der Waals surface area contributed by atoms with Crippen LogP contribution in [0.4, 0.5) is 5.69 Å². The maximum Gasteiger partial charge on any atom is 0.267 e. The summed E-state index contributed by atoms with van der Waals surface area (Å²) in [6.45, 7) is 1.60. The third-order valence-corrected chi connectivity index (χ3v) is 6.02. The van der Waals surface area contributed by atoms with Gasteiger partial charge in [-0.25, -0.2) is 10.5 Å². The Kier molecular flexibility index (Phi) is 6.06. The fourth-order valence-electron chi connectivity index (χ4n) is 3.65. The largest absolute Gasteiger partial charge is 0.371 e. The Morgan fingerprint density at radius 3 is 2.77 bits per heavy atom. The van der Waals surface area contributed by atoms with Crippen LogP contribution in [0, 0.1) is 0 Å². The van der Waals surface area contributed by atoms with E-state index in [9.17, 15) is 9.59 Å². The number of rotatable bonds is 5. The Labute approximate surface area is 178 Å². The van der Waals surface area contributed by atoms with Crippen LogP contribution in [0.3, 0.4) is 0 Å². The standard InChI is InChI=1S/C22H22N4O3S/c27-21(25-29)8-6-15-3-1-2-4-19(15)26-11-9-17(10-12-26)24-22(28)16-5-7-18-20(13-16)30-14-23-18/h1-8,13-14,17,29H,9-12H2,(H,24,28)(H,25,27). The first-order valence-corrected chi connectivity index (χ1v) is 10.6. The first-order chi connectivity index (χ1) is 14.6. The first-order valence-electron chi connectivity index (χ1n) is 9.74. The molecule has 0 atom stereocenters. The van der Waals surface area contributed by atoms with Crippen molar-refractivity contribution in [1.29, 1.82) is 0 Å². The zero-order valence-corrected chi connectivity index (χ0v) is 17.1. The summed E-state index contributed by atoms with van der Waals surface area (Å²) in [4.78, 5) is 30.4. The molecule has 0 unspecified atom stereocenters. The highest BCUT2D eigenvalue weighted by atomic mass is 32.1. The molecule has 3 aromatic rings. The van der Waals surface area contributed by atoms with Gasteiger partial charge in [-0.1, -0.05) is 18.2 Å². The van der Waals surface area contributed by atoms with E-state index in [1.807, 2.05) is 42.5 Å². The Balaban J connectivity index is 1.38. The summed E-state index contributed by atoms with van der Waals surface area (Å²) in [6, 6.07) is 13.5. The lowest BCUT2D eigenvalue weighted by Crippen LogP contribution is -2.44. The van der Waals surface area contributed by atoms with Crippen molar-refractivity contribution in [3.8, 4) is 0 Å². The number of thiazole rings is 1. The predicted molar refractivity (Wildman–Crippen MR) is 118 cm³/mol. The molecule has 0 spiro atoms. The molecule has 0 saturated carbocycles. The van der Waals surface area contributed by atoms with Crippen molar-refractivity contribution in [2.24, 2.45) is 0 Å². The predicted octanol–water partition coefficient (Wildman–Crippen LogP) is 3.21. The number of piperidine rings is 1. The zero-order chi connectivity index (χ0) is 20.9. The van der Waals surface area contributed by atoms with Crippen LogP contribution in [0.5, 0.6) is 0 Å². The number of anilines is 1. The molecule has 0 bridgehead atoms. The summed E-state index contributed by atoms with van der Waals surface area (Å²) in [7, 11) is 0. The number of nitrogens with one attached hydrogen (secondary N) is 2. The second-order valence-corrected chi connectivity index (χ2v) is 8.02. The highest BCUT2D eigenvalue weighted by molar-refractivity contribution is 7.16. The van der Waals surface area contributed by atoms with Crippen LogP contribution in [-0.4, -0.2) is 41.1 Å². The fourth-order valence-corrected chi connectivity index (χ4v) is 4.37. The minimum Gasteiger partial charge on any atom is -0.371 e. The molecule has 154 valence electrons.